The van der Waals surface area contributed by atoms with Gasteiger partial charge in [-0.05, 0) is 96.9 Å². The fraction of sp³-hybridized carbons (Fsp3) is 0.535. The molecule has 1 aromatic carbocycles. The Kier molecular flexibility index (Phi) is 11.9. The first-order valence-electron chi connectivity index (χ1n) is 21.2. The highest BCUT2D eigenvalue weighted by Crippen LogP contribution is 2.60. The summed E-state index contributed by atoms with van der Waals surface area (Å²) in [5.41, 5.74) is -4.13. The molecule has 0 radical (unpaired) electrons. The van der Waals surface area contributed by atoms with E-state index in [1.54, 1.807) is 45.0 Å². The Morgan fingerprint density at radius 3 is 2.53 bits per heavy atom. The van der Waals surface area contributed by atoms with Gasteiger partial charge in [-0.2, -0.15) is 13.2 Å². The van der Waals surface area contributed by atoms with E-state index in [0.29, 0.717) is 43.9 Å². The third-order valence-corrected chi connectivity index (χ3v) is 16.4. The number of pyridine rings is 2. The lowest BCUT2D eigenvalue weighted by Gasteiger charge is -2.37. The number of carbonyl (C=O) groups is 4. The number of amides is 4. The van der Waals surface area contributed by atoms with Gasteiger partial charge in [0.25, 0.3) is 5.91 Å². The maximum Gasteiger partial charge on any atom is 0.437 e. The molecule has 8 rings (SSSR count). The molecular formula is C43H49ClF3N6O9PS. The van der Waals surface area contributed by atoms with E-state index < -0.39 is 90.4 Å². The van der Waals surface area contributed by atoms with E-state index in [1.165, 1.54) is 30.0 Å². The van der Waals surface area contributed by atoms with Crippen molar-refractivity contribution >= 4 is 64.9 Å². The smallest absolute Gasteiger partial charge is 0.437 e. The van der Waals surface area contributed by atoms with Crippen LogP contribution in [0.15, 0.2) is 48.6 Å². The molecule has 1 spiro atoms. The monoisotopic (exact) mass is 948 g/mol. The summed E-state index contributed by atoms with van der Waals surface area (Å²) >= 11 is 6.03. The topological polar surface area (TPSA) is 195 Å². The molecule has 6 atom stereocenters. The van der Waals surface area contributed by atoms with Crippen LogP contribution in [0.4, 0.5) is 18.0 Å². The van der Waals surface area contributed by atoms with E-state index in [1.807, 2.05) is 6.08 Å². The van der Waals surface area contributed by atoms with Gasteiger partial charge in [0.05, 0.1) is 16.8 Å². The average molecular weight is 949 g/mol. The fourth-order valence-electron chi connectivity index (χ4n) is 8.51. The first-order valence-corrected chi connectivity index (χ1v) is 24.1. The van der Waals surface area contributed by atoms with E-state index in [-0.39, 0.29) is 68.7 Å². The second-order valence-electron chi connectivity index (χ2n) is 18.4. The van der Waals surface area contributed by atoms with Crippen LogP contribution in [-0.4, -0.2) is 92.6 Å². The Labute approximate surface area is 374 Å². The summed E-state index contributed by atoms with van der Waals surface area (Å²) in [4.78, 5) is 66.1. The number of halogens is 4. The van der Waals surface area contributed by atoms with Gasteiger partial charge in [0.1, 0.15) is 39.5 Å². The average Bonchev–Trinajstić information content (AvgIpc) is 4.09. The van der Waals surface area contributed by atoms with E-state index in [9.17, 15) is 40.8 Å². The molecule has 4 amide bonds. The number of alkyl halides is 3. The van der Waals surface area contributed by atoms with Gasteiger partial charge < -0.3 is 29.7 Å². The number of alkyl carbamates (subject to hydrolysis) is 1. The molecule has 64 heavy (non-hydrogen) atoms. The number of fused-ring (bicyclic) bond motifs is 5. The molecule has 6 heterocycles. The minimum Gasteiger partial charge on any atom is -0.483 e. The highest BCUT2D eigenvalue weighted by Gasteiger charge is 2.64. The number of rotatable bonds is 6. The van der Waals surface area contributed by atoms with Gasteiger partial charge in [-0.3, -0.25) is 19.1 Å². The van der Waals surface area contributed by atoms with Crippen LogP contribution < -0.4 is 24.8 Å². The molecular weight excluding hydrogens is 900 g/mol. The summed E-state index contributed by atoms with van der Waals surface area (Å²) < 4.78 is 90.4. The zero-order valence-corrected chi connectivity index (χ0v) is 38.1. The van der Waals surface area contributed by atoms with Crippen molar-refractivity contribution in [3.8, 4) is 17.4 Å². The van der Waals surface area contributed by atoms with Crippen LogP contribution in [0.3, 0.4) is 0 Å². The lowest BCUT2D eigenvalue weighted by Crippen LogP contribution is -2.58. The number of carbonyl (C=O) groups excluding carboxylic acids is 4. The molecule has 1 saturated carbocycles. The molecule has 15 nitrogen and oxygen atoms in total. The first kappa shape index (κ1) is 45.8. The minimum atomic E-state index is -4.98. The molecule has 1 aliphatic carbocycles. The Morgan fingerprint density at radius 1 is 1.06 bits per heavy atom. The second-order valence-corrected chi connectivity index (χ2v) is 22.7. The zero-order chi connectivity index (χ0) is 46.0. The van der Waals surface area contributed by atoms with Crippen molar-refractivity contribution in [3.05, 3.63) is 65.0 Å². The molecule has 2 aromatic heterocycles. The largest absolute Gasteiger partial charge is 0.483 e. The Bertz CT molecular complexity index is 2560. The summed E-state index contributed by atoms with van der Waals surface area (Å²) in [5, 5.41) is 4.29. The van der Waals surface area contributed by atoms with Crippen LogP contribution >= 0.6 is 20.2 Å². The Hall–Kier alpha value is -4.74. The number of sulfonamides is 1. The van der Waals surface area contributed by atoms with Crippen molar-refractivity contribution < 1.29 is 55.0 Å². The summed E-state index contributed by atoms with van der Waals surface area (Å²) in [7, 11) is -4.36. The fourth-order valence-corrected chi connectivity index (χ4v) is 11.4. The quantitative estimate of drug-likeness (QED) is 0.130. The van der Waals surface area contributed by atoms with Crippen LogP contribution in [0.2, 0.25) is 5.15 Å². The van der Waals surface area contributed by atoms with Crippen molar-refractivity contribution in [2.75, 3.05) is 6.54 Å². The van der Waals surface area contributed by atoms with E-state index >= 15 is 0 Å². The van der Waals surface area contributed by atoms with Crippen molar-refractivity contribution in [1.82, 2.24) is 30.2 Å². The maximum absolute atomic E-state index is 15.0. The number of benzene rings is 1. The van der Waals surface area contributed by atoms with Gasteiger partial charge in [-0.1, -0.05) is 51.2 Å². The van der Waals surface area contributed by atoms with E-state index in [4.69, 9.17) is 25.8 Å². The number of ether oxygens (including phenoxy) is 3. The maximum atomic E-state index is 15.0. The molecule has 3 aromatic rings. The van der Waals surface area contributed by atoms with Gasteiger partial charge in [-0.25, -0.2) is 23.2 Å². The standard InChI is InChI=1S/C43H49ClF3N6O9PS/c1-39(2,3)62-38(57)49-28-11-8-6-5-7-9-12-30-42(63-30,37(56)52-64(58,59)40(4)19-20-40)51-35(54)29-22-41(23-53(29)36(28)55)18-17-25-26-21-24(60-32-14-10-13-31(44)50-32)15-16-27(26)48-34(33(25)61-41)43(45,46)47/h9-10,12-16,21,28-30,63H,5-8,11,17-20,22-23H2,1-4H3,(H,49,57)(H,51,54)(H,52,56)/b12-9-/t28-,29-,30-,41+,42-/m0/s1. The zero-order valence-electron chi connectivity index (χ0n) is 35.6. The summed E-state index contributed by atoms with van der Waals surface area (Å²) in [6.07, 6.45) is 0.846. The van der Waals surface area contributed by atoms with E-state index in [0.717, 1.165) is 0 Å². The summed E-state index contributed by atoms with van der Waals surface area (Å²) in [6.45, 7) is 6.14. The predicted molar refractivity (Wildman–Crippen MR) is 231 cm³/mol. The summed E-state index contributed by atoms with van der Waals surface area (Å²) in [6, 6.07) is 6.50. The third-order valence-electron chi connectivity index (χ3n) is 12.3. The number of aryl methyl sites for hydroxylation is 1. The number of allylic oxidation sites excluding steroid dienone is 1. The second kappa shape index (κ2) is 16.6. The SMILES string of the molecule is CC(C)(C)OC(=O)N[C@H]1CCCCC/C=C\[C@@H]2P[C@@]2(C(=O)NS(=O)(=O)C2(C)CC2)NC(=O)[C@@H]2C[C@]3(CCc4c(c(C(F)(F)F)nc5ccc(Oc6cccc(Cl)n6)cc45)O3)CN2C1=O. The molecule has 21 heteroatoms. The van der Waals surface area contributed by atoms with Crippen LogP contribution in [0.1, 0.15) is 96.7 Å². The number of aromatic nitrogens is 2. The highest BCUT2D eigenvalue weighted by atomic mass is 35.5. The molecule has 3 fully saturated rings. The first-order chi connectivity index (χ1) is 30.0. The highest BCUT2D eigenvalue weighted by molar-refractivity contribution is 7.91. The number of hydrogen-bond acceptors (Lipinski definition) is 11. The number of hydrogen-bond donors (Lipinski definition) is 3. The Balaban J connectivity index is 1.17. The molecule has 3 N–H and O–H groups in total. The predicted octanol–water partition coefficient (Wildman–Crippen LogP) is 7.04. The van der Waals surface area contributed by atoms with Crippen LogP contribution in [-0.2, 0) is 41.7 Å². The van der Waals surface area contributed by atoms with Crippen molar-refractivity contribution in [2.24, 2.45) is 0 Å². The molecule has 344 valence electrons. The lowest BCUT2D eigenvalue weighted by atomic mass is 9.87. The van der Waals surface area contributed by atoms with E-state index in [2.05, 4.69) is 25.3 Å². The molecule has 1 unspecified atom stereocenters. The van der Waals surface area contributed by atoms with Gasteiger partial charge in [0, 0.05) is 29.1 Å². The van der Waals surface area contributed by atoms with Gasteiger partial charge in [0.15, 0.2) is 11.4 Å². The molecule has 4 aliphatic heterocycles. The van der Waals surface area contributed by atoms with Crippen molar-refractivity contribution in [1.29, 1.82) is 0 Å². The van der Waals surface area contributed by atoms with Crippen LogP contribution in [0.5, 0.6) is 17.4 Å². The van der Waals surface area contributed by atoms with Gasteiger partial charge >= 0.3 is 12.3 Å². The minimum absolute atomic E-state index is 0.00345. The number of nitrogens with one attached hydrogen (secondary N) is 3. The van der Waals surface area contributed by atoms with Gasteiger partial charge in [-0.15, -0.1) is 0 Å². The van der Waals surface area contributed by atoms with Crippen LogP contribution in [0.25, 0.3) is 10.9 Å². The van der Waals surface area contributed by atoms with Crippen molar-refractivity contribution in [2.45, 2.75) is 137 Å². The normalized spacial score (nSPS) is 27.8. The van der Waals surface area contributed by atoms with Crippen LogP contribution in [0, 0.1) is 0 Å². The molecule has 0 bridgehead atoms. The summed E-state index contributed by atoms with van der Waals surface area (Å²) in [5.74, 6) is -2.61. The van der Waals surface area contributed by atoms with Crippen molar-refractivity contribution in [3.63, 3.8) is 0 Å². The lowest BCUT2D eigenvalue weighted by molar-refractivity contribution is -0.144. The number of nitrogens with zero attached hydrogens (tertiary/aromatic N) is 3. The van der Waals surface area contributed by atoms with Gasteiger partial charge in [0.2, 0.25) is 27.7 Å². The Morgan fingerprint density at radius 2 is 1.83 bits per heavy atom. The third kappa shape index (κ3) is 9.35. The molecule has 5 aliphatic rings. The molecule has 2 saturated heterocycles.